The molecule has 3 amide bonds. The summed E-state index contributed by atoms with van der Waals surface area (Å²) in [5.74, 6) is -1.21. The van der Waals surface area contributed by atoms with Gasteiger partial charge in [0.05, 0.1) is 6.42 Å². The second-order valence-corrected chi connectivity index (χ2v) is 5.44. The number of amides is 3. The van der Waals surface area contributed by atoms with Crippen molar-refractivity contribution in [1.29, 1.82) is 0 Å². The topological polar surface area (TPSA) is 90.0 Å². The molecule has 116 valence electrons. The van der Waals surface area contributed by atoms with Gasteiger partial charge in [-0.25, -0.2) is 4.79 Å². The lowest BCUT2D eigenvalue weighted by Gasteiger charge is -2.38. The minimum atomic E-state index is -0.957. The summed E-state index contributed by atoms with van der Waals surface area (Å²) in [6, 6.07) is -0.329. The van der Waals surface area contributed by atoms with Gasteiger partial charge in [-0.2, -0.15) is 0 Å². The van der Waals surface area contributed by atoms with E-state index in [-0.39, 0.29) is 31.4 Å². The first-order valence-corrected chi connectivity index (χ1v) is 6.62. The second-order valence-electron chi connectivity index (χ2n) is 5.44. The van der Waals surface area contributed by atoms with E-state index in [0.717, 1.165) is 0 Å². The fourth-order valence-corrected chi connectivity index (χ4v) is 1.66. The fourth-order valence-electron chi connectivity index (χ4n) is 1.66. The van der Waals surface area contributed by atoms with Crippen LogP contribution in [0.5, 0.6) is 0 Å². The monoisotopic (exact) mass is 287 g/mol. The van der Waals surface area contributed by atoms with E-state index in [1.165, 1.54) is 16.8 Å². The SMILES string of the molecule is CCN(CC(=O)NC)C(=O)N(CCC(=O)O)C(C)(C)C. The highest BCUT2D eigenvalue weighted by molar-refractivity contribution is 5.84. The Morgan fingerprint density at radius 1 is 1.20 bits per heavy atom. The average molecular weight is 287 g/mol. The number of likely N-dealkylation sites (N-methyl/N-ethyl adjacent to an activating group) is 2. The standard InChI is InChI=1S/C13H25N3O4/c1-6-15(9-10(17)14-5)12(20)16(13(2,3)4)8-7-11(18)19/h6-9H2,1-5H3,(H,14,17)(H,18,19). The first-order chi connectivity index (χ1) is 9.13. The van der Waals surface area contributed by atoms with E-state index in [0.29, 0.717) is 6.54 Å². The Kier molecular flexibility index (Phi) is 7.02. The smallest absolute Gasteiger partial charge is 0.320 e. The van der Waals surface area contributed by atoms with Crippen molar-refractivity contribution < 1.29 is 19.5 Å². The van der Waals surface area contributed by atoms with Crippen molar-refractivity contribution in [3.05, 3.63) is 0 Å². The molecule has 0 saturated heterocycles. The van der Waals surface area contributed by atoms with Crippen LogP contribution in [0.2, 0.25) is 0 Å². The number of hydrogen-bond acceptors (Lipinski definition) is 3. The van der Waals surface area contributed by atoms with E-state index in [1.54, 1.807) is 6.92 Å². The average Bonchev–Trinajstić information content (AvgIpc) is 2.33. The zero-order valence-electron chi connectivity index (χ0n) is 12.9. The summed E-state index contributed by atoms with van der Waals surface area (Å²) in [5.41, 5.74) is -0.511. The molecule has 0 aromatic rings. The fraction of sp³-hybridized carbons (Fsp3) is 0.769. The van der Waals surface area contributed by atoms with Crippen molar-refractivity contribution in [1.82, 2.24) is 15.1 Å². The van der Waals surface area contributed by atoms with Crippen LogP contribution in [0.25, 0.3) is 0 Å². The normalized spacial score (nSPS) is 10.8. The predicted molar refractivity (Wildman–Crippen MR) is 75.4 cm³/mol. The summed E-state index contributed by atoms with van der Waals surface area (Å²) in [5, 5.41) is 11.2. The summed E-state index contributed by atoms with van der Waals surface area (Å²) in [4.78, 5) is 37.4. The van der Waals surface area contributed by atoms with Gasteiger partial charge in [0.25, 0.3) is 0 Å². The Labute approximate surface area is 119 Å². The molecule has 0 atom stereocenters. The van der Waals surface area contributed by atoms with Crippen molar-refractivity contribution in [2.45, 2.75) is 39.7 Å². The summed E-state index contributed by atoms with van der Waals surface area (Å²) >= 11 is 0. The van der Waals surface area contributed by atoms with E-state index in [2.05, 4.69) is 5.32 Å². The highest BCUT2D eigenvalue weighted by Gasteiger charge is 2.30. The molecule has 0 aromatic heterocycles. The van der Waals surface area contributed by atoms with Crippen LogP contribution >= 0.6 is 0 Å². The molecule has 0 aliphatic rings. The number of hydrogen-bond donors (Lipinski definition) is 2. The van der Waals surface area contributed by atoms with Crippen molar-refractivity contribution in [2.75, 3.05) is 26.7 Å². The van der Waals surface area contributed by atoms with E-state index in [9.17, 15) is 14.4 Å². The molecule has 7 heteroatoms. The van der Waals surface area contributed by atoms with Crippen LogP contribution in [0.4, 0.5) is 4.79 Å². The number of carboxylic acids is 1. The molecule has 20 heavy (non-hydrogen) atoms. The lowest BCUT2D eigenvalue weighted by molar-refractivity contribution is -0.137. The molecule has 0 rings (SSSR count). The van der Waals surface area contributed by atoms with Gasteiger partial charge in [-0.15, -0.1) is 0 Å². The summed E-state index contributed by atoms with van der Waals surface area (Å²) < 4.78 is 0. The van der Waals surface area contributed by atoms with Crippen molar-refractivity contribution in [3.63, 3.8) is 0 Å². The molecule has 0 fully saturated rings. The highest BCUT2D eigenvalue weighted by atomic mass is 16.4. The Morgan fingerprint density at radius 2 is 1.75 bits per heavy atom. The second kappa shape index (κ2) is 7.72. The Morgan fingerprint density at radius 3 is 2.10 bits per heavy atom. The van der Waals surface area contributed by atoms with Crippen LogP contribution in [0.3, 0.4) is 0 Å². The van der Waals surface area contributed by atoms with Crippen molar-refractivity contribution >= 4 is 17.9 Å². The molecule has 0 radical (unpaired) electrons. The van der Waals surface area contributed by atoms with E-state index < -0.39 is 11.5 Å². The molecular weight excluding hydrogens is 262 g/mol. The Bertz CT molecular complexity index is 363. The molecule has 0 unspecified atom stereocenters. The Hall–Kier alpha value is -1.79. The largest absolute Gasteiger partial charge is 0.481 e. The molecule has 0 heterocycles. The highest BCUT2D eigenvalue weighted by Crippen LogP contribution is 2.16. The molecule has 0 aliphatic heterocycles. The van der Waals surface area contributed by atoms with Crippen LogP contribution in [0.15, 0.2) is 0 Å². The summed E-state index contributed by atoms with van der Waals surface area (Å²) in [6.07, 6.45) is -0.124. The molecular formula is C13H25N3O4. The first kappa shape index (κ1) is 18.2. The van der Waals surface area contributed by atoms with Gasteiger partial charge in [-0.05, 0) is 27.7 Å². The number of urea groups is 1. The lowest BCUT2D eigenvalue weighted by atomic mass is 10.1. The van der Waals surface area contributed by atoms with Crippen LogP contribution in [0, 0.1) is 0 Å². The van der Waals surface area contributed by atoms with Gasteiger partial charge < -0.3 is 20.2 Å². The van der Waals surface area contributed by atoms with Gasteiger partial charge in [0.15, 0.2) is 0 Å². The molecule has 2 N–H and O–H groups in total. The first-order valence-electron chi connectivity index (χ1n) is 6.62. The Balaban J connectivity index is 4.99. The van der Waals surface area contributed by atoms with Gasteiger partial charge in [-0.3, -0.25) is 9.59 Å². The predicted octanol–water partition coefficient (Wildman–Crippen LogP) is 0.750. The van der Waals surface area contributed by atoms with Crippen LogP contribution in [-0.2, 0) is 9.59 Å². The molecule has 0 saturated carbocycles. The number of nitrogens with zero attached hydrogens (tertiary/aromatic N) is 2. The number of rotatable bonds is 6. The number of aliphatic carboxylic acids is 1. The number of carbonyl (C=O) groups is 3. The molecule has 0 aliphatic carbocycles. The molecule has 0 spiro atoms. The minimum Gasteiger partial charge on any atom is -0.481 e. The van der Waals surface area contributed by atoms with Gasteiger partial charge in [0.2, 0.25) is 5.91 Å². The number of carboxylic acid groups (broad SMARTS) is 1. The van der Waals surface area contributed by atoms with Crippen LogP contribution in [0.1, 0.15) is 34.1 Å². The van der Waals surface area contributed by atoms with E-state index in [4.69, 9.17) is 5.11 Å². The summed E-state index contributed by atoms with van der Waals surface area (Å²) in [7, 11) is 1.51. The maximum Gasteiger partial charge on any atom is 0.320 e. The van der Waals surface area contributed by atoms with Crippen molar-refractivity contribution in [3.8, 4) is 0 Å². The maximum absolute atomic E-state index is 12.5. The summed E-state index contributed by atoms with van der Waals surface area (Å²) in [6.45, 7) is 7.74. The molecule has 0 aromatic carbocycles. The van der Waals surface area contributed by atoms with E-state index >= 15 is 0 Å². The lowest BCUT2D eigenvalue weighted by Crippen LogP contribution is -2.54. The van der Waals surface area contributed by atoms with Crippen molar-refractivity contribution in [2.24, 2.45) is 0 Å². The zero-order chi connectivity index (χ0) is 15.9. The molecule has 0 bridgehead atoms. The number of nitrogens with one attached hydrogen (secondary N) is 1. The minimum absolute atomic E-state index is 0.0362. The third-order valence-corrected chi connectivity index (χ3v) is 2.86. The third kappa shape index (κ3) is 5.90. The zero-order valence-corrected chi connectivity index (χ0v) is 12.9. The van der Waals surface area contributed by atoms with Gasteiger partial charge in [0.1, 0.15) is 6.54 Å². The maximum atomic E-state index is 12.5. The van der Waals surface area contributed by atoms with Gasteiger partial charge in [0, 0.05) is 25.7 Å². The molecule has 7 nitrogen and oxygen atoms in total. The van der Waals surface area contributed by atoms with Gasteiger partial charge >= 0.3 is 12.0 Å². The number of carbonyl (C=O) groups excluding carboxylic acids is 2. The third-order valence-electron chi connectivity index (χ3n) is 2.86. The van der Waals surface area contributed by atoms with Crippen LogP contribution < -0.4 is 5.32 Å². The van der Waals surface area contributed by atoms with E-state index in [1.807, 2.05) is 20.8 Å². The quantitative estimate of drug-likeness (QED) is 0.754. The van der Waals surface area contributed by atoms with Crippen LogP contribution in [-0.4, -0.2) is 65.0 Å². The van der Waals surface area contributed by atoms with Gasteiger partial charge in [-0.1, -0.05) is 0 Å².